The van der Waals surface area contributed by atoms with Crippen LogP contribution in [0.2, 0.25) is 0 Å². The van der Waals surface area contributed by atoms with Crippen LogP contribution in [0.15, 0.2) is 28.9 Å². The van der Waals surface area contributed by atoms with Gasteiger partial charge in [0.1, 0.15) is 6.07 Å². The van der Waals surface area contributed by atoms with Gasteiger partial charge in [-0.2, -0.15) is 5.26 Å². The average molecular weight is 272 g/mol. The number of allylic oxidation sites excluding steroid dienone is 1. The minimum Gasteiger partial charge on any atom is -0.493 e. The van der Waals surface area contributed by atoms with Gasteiger partial charge in [-0.1, -0.05) is 0 Å². The number of ether oxygens (including phenoxy) is 2. The number of hydrogen-bond acceptors (Lipinski definition) is 6. The highest BCUT2D eigenvalue weighted by atomic mass is 16.5. The monoisotopic (exact) mass is 272 g/mol. The van der Waals surface area contributed by atoms with Crippen molar-refractivity contribution in [1.82, 2.24) is 5.43 Å². The Kier molecular flexibility index (Phi) is 4.23. The van der Waals surface area contributed by atoms with Crippen molar-refractivity contribution in [2.75, 3.05) is 20.8 Å². The number of hydrazine groups is 1. The normalized spacial score (nSPS) is 13.9. The van der Waals surface area contributed by atoms with Crippen molar-refractivity contribution in [3.63, 3.8) is 0 Å². The van der Waals surface area contributed by atoms with Gasteiger partial charge in [0.05, 0.1) is 25.5 Å². The van der Waals surface area contributed by atoms with Crippen LogP contribution in [0.25, 0.3) is 0 Å². The molecule has 0 atom stereocenters. The molecule has 1 aliphatic rings. The number of methoxy groups -OCH3 is 2. The lowest BCUT2D eigenvalue weighted by Gasteiger charge is -2.19. The van der Waals surface area contributed by atoms with Crippen molar-refractivity contribution in [2.24, 2.45) is 10.8 Å². The standard InChI is InChI=1S/C14H16N4O2/c1-19-12-5-9-3-4-17-14(10(7-15)8-18-16)11(9)6-13(12)20-2/h5-6,8,18H,3-4,16H2,1-2H3/b10-8-. The van der Waals surface area contributed by atoms with E-state index in [1.807, 2.05) is 12.1 Å². The number of hydrogen-bond donors (Lipinski definition) is 2. The molecule has 3 N–H and O–H groups in total. The summed E-state index contributed by atoms with van der Waals surface area (Å²) < 4.78 is 10.6. The third-order valence-corrected chi connectivity index (χ3v) is 3.12. The van der Waals surface area contributed by atoms with Gasteiger partial charge in [-0.25, -0.2) is 0 Å². The van der Waals surface area contributed by atoms with Gasteiger partial charge in [0.15, 0.2) is 11.5 Å². The Hall–Kier alpha value is -2.52. The van der Waals surface area contributed by atoms with Crippen molar-refractivity contribution in [2.45, 2.75) is 6.42 Å². The van der Waals surface area contributed by atoms with E-state index in [0.29, 0.717) is 29.3 Å². The molecule has 0 aromatic heterocycles. The summed E-state index contributed by atoms with van der Waals surface area (Å²) in [5, 5.41) is 9.21. The third-order valence-electron chi connectivity index (χ3n) is 3.12. The van der Waals surface area contributed by atoms with Gasteiger partial charge in [0.2, 0.25) is 0 Å². The molecule has 0 radical (unpaired) electrons. The van der Waals surface area contributed by atoms with Crippen LogP contribution >= 0.6 is 0 Å². The maximum absolute atomic E-state index is 9.21. The quantitative estimate of drug-likeness (QED) is 0.483. The fourth-order valence-electron chi connectivity index (χ4n) is 2.19. The largest absolute Gasteiger partial charge is 0.493 e. The molecule has 1 heterocycles. The molecule has 104 valence electrons. The summed E-state index contributed by atoms with van der Waals surface area (Å²) in [5.74, 6) is 6.54. The average Bonchev–Trinajstić information content (AvgIpc) is 2.50. The fraction of sp³-hybridized carbons (Fsp3) is 0.286. The van der Waals surface area contributed by atoms with Gasteiger partial charge in [0, 0.05) is 18.3 Å². The van der Waals surface area contributed by atoms with Gasteiger partial charge < -0.3 is 14.9 Å². The molecule has 6 nitrogen and oxygen atoms in total. The number of nitrogens with zero attached hydrogens (tertiary/aromatic N) is 2. The highest BCUT2D eigenvalue weighted by molar-refractivity contribution is 6.16. The molecule has 0 aliphatic carbocycles. The summed E-state index contributed by atoms with van der Waals surface area (Å²) in [6.07, 6.45) is 2.23. The first-order valence-corrected chi connectivity index (χ1v) is 6.11. The molecule has 20 heavy (non-hydrogen) atoms. The number of nitrogens with two attached hydrogens (primary N) is 1. The van der Waals surface area contributed by atoms with Crippen LogP contribution in [0.1, 0.15) is 11.1 Å². The lowest BCUT2D eigenvalue weighted by molar-refractivity contribution is 0.354. The molecule has 6 heteroatoms. The molecular formula is C14H16N4O2. The number of nitriles is 1. The van der Waals surface area contributed by atoms with Gasteiger partial charge in [-0.05, 0) is 24.1 Å². The predicted octanol–water partition coefficient (Wildman–Crippen LogP) is 0.920. The summed E-state index contributed by atoms with van der Waals surface area (Å²) >= 11 is 0. The second-order valence-corrected chi connectivity index (χ2v) is 4.18. The first-order valence-electron chi connectivity index (χ1n) is 6.11. The zero-order valence-corrected chi connectivity index (χ0v) is 11.4. The highest BCUT2D eigenvalue weighted by Crippen LogP contribution is 2.33. The van der Waals surface area contributed by atoms with E-state index in [4.69, 9.17) is 15.3 Å². The van der Waals surface area contributed by atoms with E-state index < -0.39 is 0 Å². The Balaban J connectivity index is 2.56. The van der Waals surface area contributed by atoms with Crippen LogP contribution < -0.4 is 20.7 Å². The Morgan fingerprint density at radius 2 is 2.10 bits per heavy atom. The summed E-state index contributed by atoms with van der Waals surface area (Å²) in [6, 6.07) is 5.86. The second kappa shape index (κ2) is 6.08. The molecule has 0 fully saturated rings. The van der Waals surface area contributed by atoms with Crippen LogP contribution in [-0.2, 0) is 6.42 Å². The molecule has 0 spiro atoms. The van der Waals surface area contributed by atoms with E-state index in [9.17, 15) is 5.26 Å². The highest BCUT2D eigenvalue weighted by Gasteiger charge is 2.21. The van der Waals surface area contributed by atoms with Gasteiger partial charge in [-0.3, -0.25) is 10.8 Å². The molecule has 0 saturated heterocycles. The smallest absolute Gasteiger partial charge is 0.161 e. The van der Waals surface area contributed by atoms with E-state index in [2.05, 4.69) is 16.5 Å². The van der Waals surface area contributed by atoms with Gasteiger partial charge in [-0.15, -0.1) is 0 Å². The molecule has 1 aliphatic heterocycles. The number of nitrogens with one attached hydrogen (secondary N) is 1. The van der Waals surface area contributed by atoms with Crippen LogP contribution in [0.3, 0.4) is 0 Å². The van der Waals surface area contributed by atoms with Crippen molar-refractivity contribution in [3.8, 4) is 17.6 Å². The number of benzene rings is 1. The zero-order chi connectivity index (χ0) is 14.5. The van der Waals surface area contributed by atoms with Crippen molar-refractivity contribution < 1.29 is 9.47 Å². The van der Waals surface area contributed by atoms with E-state index in [1.54, 1.807) is 14.2 Å². The summed E-state index contributed by atoms with van der Waals surface area (Å²) in [7, 11) is 3.17. The number of fused-ring (bicyclic) bond motifs is 1. The fourth-order valence-corrected chi connectivity index (χ4v) is 2.19. The van der Waals surface area contributed by atoms with E-state index >= 15 is 0 Å². The van der Waals surface area contributed by atoms with E-state index in [1.165, 1.54) is 6.20 Å². The molecule has 0 unspecified atom stereocenters. The maximum Gasteiger partial charge on any atom is 0.161 e. The number of rotatable bonds is 4. The van der Waals surface area contributed by atoms with Crippen LogP contribution in [0, 0.1) is 11.3 Å². The second-order valence-electron chi connectivity index (χ2n) is 4.18. The zero-order valence-electron chi connectivity index (χ0n) is 11.4. The SMILES string of the molecule is COc1cc2c(cc1OC)C(/C(C#N)=C\NN)=NCC2. The number of aliphatic imine (C=N–C) groups is 1. The van der Waals surface area contributed by atoms with Gasteiger partial charge in [0.25, 0.3) is 0 Å². The van der Waals surface area contributed by atoms with Crippen molar-refractivity contribution in [3.05, 3.63) is 35.0 Å². The lowest BCUT2D eigenvalue weighted by Crippen LogP contribution is -2.20. The minimum atomic E-state index is 0.390. The van der Waals surface area contributed by atoms with E-state index in [-0.39, 0.29) is 0 Å². The summed E-state index contributed by atoms with van der Waals surface area (Å²) in [6.45, 7) is 0.626. The van der Waals surface area contributed by atoms with Gasteiger partial charge >= 0.3 is 0 Å². The topological polar surface area (TPSA) is 92.7 Å². The minimum absolute atomic E-state index is 0.390. The molecule has 0 amide bonds. The van der Waals surface area contributed by atoms with Crippen LogP contribution in [0.4, 0.5) is 0 Å². The van der Waals surface area contributed by atoms with Crippen molar-refractivity contribution in [1.29, 1.82) is 5.26 Å². The Morgan fingerprint density at radius 3 is 2.70 bits per heavy atom. The Bertz CT molecular complexity index is 614. The first-order chi connectivity index (χ1) is 9.74. The lowest BCUT2D eigenvalue weighted by atomic mass is 9.93. The molecular weight excluding hydrogens is 256 g/mol. The third kappa shape index (κ3) is 2.44. The molecule has 1 aromatic carbocycles. The van der Waals surface area contributed by atoms with Crippen molar-refractivity contribution >= 4 is 5.71 Å². The van der Waals surface area contributed by atoms with E-state index in [0.717, 1.165) is 17.5 Å². The van der Waals surface area contributed by atoms with Crippen LogP contribution in [-0.4, -0.2) is 26.5 Å². The molecule has 1 aromatic rings. The first kappa shape index (κ1) is 13.9. The molecule has 0 saturated carbocycles. The Morgan fingerprint density at radius 1 is 1.40 bits per heavy atom. The summed E-state index contributed by atoms with van der Waals surface area (Å²) in [4.78, 5) is 4.43. The Labute approximate surface area is 117 Å². The maximum atomic E-state index is 9.21. The predicted molar refractivity (Wildman–Crippen MR) is 75.7 cm³/mol. The van der Waals surface area contributed by atoms with Crippen LogP contribution in [0.5, 0.6) is 11.5 Å². The molecule has 2 rings (SSSR count). The summed E-state index contributed by atoms with van der Waals surface area (Å²) in [5.41, 5.74) is 5.33. The molecule has 0 bridgehead atoms.